The first-order chi connectivity index (χ1) is 7.72. The molecule has 16 heavy (non-hydrogen) atoms. The zero-order valence-corrected chi connectivity index (χ0v) is 10.9. The summed E-state index contributed by atoms with van der Waals surface area (Å²) in [5, 5.41) is 0. The lowest BCUT2D eigenvalue weighted by Crippen LogP contribution is -2.47. The Balaban J connectivity index is 2.63. The van der Waals surface area contributed by atoms with E-state index >= 15 is 0 Å². The average molecular weight is 226 g/mol. The van der Waals surface area contributed by atoms with Crippen molar-refractivity contribution in [1.82, 2.24) is 10.3 Å². The average Bonchev–Trinajstić information content (AvgIpc) is 2.80. The number of hydrogen-bond donors (Lipinski definition) is 2. The standard InChI is InChI=1S/C12H26N4/c1-4-11(5-2)16(3)12(15-13)14-10-8-6-7-9-10/h10-11H,4-9,13H2,1-3H3,(H,14,15). The largest absolute Gasteiger partial charge is 0.342 e. The summed E-state index contributed by atoms with van der Waals surface area (Å²) in [6.45, 7) is 4.41. The Kier molecular flexibility index (Phi) is 5.60. The zero-order chi connectivity index (χ0) is 12.0. The monoisotopic (exact) mass is 226 g/mol. The molecule has 1 fully saturated rings. The number of nitrogens with one attached hydrogen (secondary N) is 1. The molecular weight excluding hydrogens is 200 g/mol. The number of nitrogens with zero attached hydrogens (tertiary/aromatic N) is 2. The molecular formula is C12H26N4. The van der Waals surface area contributed by atoms with Gasteiger partial charge >= 0.3 is 0 Å². The zero-order valence-electron chi connectivity index (χ0n) is 10.9. The van der Waals surface area contributed by atoms with Crippen LogP contribution >= 0.6 is 0 Å². The van der Waals surface area contributed by atoms with E-state index in [-0.39, 0.29) is 0 Å². The van der Waals surface area contributed by atoms with Crippen LogP contribution in [0.25, 0.3) is 0 Å². The lowest BCUT2D eigenvalue weighted by atomic mass is 10.1. The second kappa shape index (κ2) is 6.74. The van der Waals surface area contributed by atoms with Crippen LogP contribution in [-0.2, 0) is 0 Å². The number of hydrazine groups is 1. The summed E-state index contributed by atoms with van der Waals surface area (Å²) in [6.07, 6.45) is 7.28. The summed E-state index contributed by atoms with van der Waals surface area (Å²) in [4.78, 5) is 6.90. The van der Waals surface area contributed by atoms with Crippen LogP contribution in [-0.4, -0.2) is 30.0 Å². The molecule has 0 bridgehead atoms. The van der Waals surface area contributed by atoms with Crippen molar-refractivity contribution < 1.29 is 0 Å². The van der Waals surface area contributed by atoms with Gasteiger partial charge in [0, 0.05) is 13.1 Å². The Bertz CT molecular complexity index is 217. The van der Waals surface area contributed by atoms with Crippen LogP contribution in [0.3, 0.4) is 0 Å². The van der Waals surface area contributed by atoms with Crippen LogP contribution in [0.4, 0.5) is 0 Å². The molecule has 1 aliphatic rings. The van der Waals surface area contributed by atoms with Crippen LogP contribution < -0.4 is 11.3 Å². The minimum absolute atomic E-state index is 0.475. The van der Waals surface area contributed by atoms with E-state index in [2.05, 4.69) is 31.2 Å². The normalized spacial score (nSPS) is 18.2. The van der Waals surface area contributed by atoms with Crippen molar-refractivity contribution >= 4 is 5.96 Å². The highest BCUT2D eigenvalue weighted by Gasteiger charge is 2.18. The van der Waals surface area contributed by atoms with Gasteiger partial charge in [-0.3, -0.25) is 5.43 Å². The van der Waals surface area contributed by atoms with Gasteiger partial charge in [0.2, 0.25) is 5.96 Å². The number of aliphatic imine (C=N–C) groups is 1. The Morgan fingerprint density at radius 2 is 1.94 bits per heavy atom. The summed E-state index contributed by atoms with van der Waals surface area (Å²) >= 11 is 0. The van der Waals surface area contributed by atoms with Gasteiger partial charge in [0.1, 0.15) is 0 Å². The van der Waals surface area contributed by atoms with Gasteiger partial charge in [0.05, 0.1) is 6.04 Å². The second-order valence-electron chi connectivity index (χ2n) is 4.62. The van der Waals surface area contributed by atoms with Gasteiger partial charge in [-0.1, -0.05) is 26.7 Å². The van der Waals surface area contributed by atoms with Crippen molar-refractivity contribution in [3.05, 3.63) is 0 Å². The third-order valence-corrected chi connectivity index (χ3v) is 3.58. The molecule has 4 heteroatoms. The Morgan fingerprint density at radius 1 is 1.38 bits per heavy atom. The first-order valence-electron chi connectivity index (χ1n) is 6.50. The van der Waals surface area contributed by atoms with Crippen molar-refractivity contribution in [3.8, 4) is 0 Å². The molecule has 0 heterocycles. The highest BCUT2D eigenvalue weighted by molar-refractivity contribution is 5.79. The molecule has 1 aliphatic carbocycles. The molecule has 0 atom stereocenters. The van der Waals surface area contributed by atoms with E-state index in [0.717, 1.165) is 18.8 Å². The van der Waals surface area contributed by atoms with E-state index < -0.39 is 0 Å². The predicted octanol–water partition coefficient (Wildman–Crippen LogP) is 1.87. The lowest BCUT2D eigenvalue weighted by molar-refractivity contribution is 0.333. The summed E-state index contributed by atoms with van der Waals surface area (Å²) < 4.78 is 0. The fourth-order valence-corrected chi connectivity index (χ4v) is 2.45. The molecule has 1 rings (SSSR count). The first kappa shape index (κ1) is 13.3. The first-order valence-corrected chi connectivity index (χ1v) is 6.50. The van der Waals surface area contributed by atoms with E-state index in [0.29, 0.717) is 12.1 Å². The maximum Gasteiger partial charge on any atom is 0.208 e. The van der Waals surface area contributed by atoms with E-state index in [1.54, 1.807) is 0 Å². The minimum Gasteiger partial charge on any atom is -0.342 e. The van der Waals surface area contributed by atoms with Crippen LogP contribution in [0.1, 0.15) is 52.4 Å². The van der Waals surface area contributed by atoms with Crippen LogP contribution in [0, 0.1) is 0 Å². The molecule has 0 aromatic carbocycles. The third-order valence-electron chi connectivity index (χ3n) is 3.58. The van der Waals surface area contributed by atoms with Crippen LogP contribution in [0.5, 0.6) is 0 Å². The Hall–Kier alpha value is -0.770. The smallest absolute Gasteiger partial charge is 0.208 e. The molecule has 0 radical (unpaired) electrons. The molecule has 94 valence electrons. The van der Waals surface area contributed by atoms with Crippen LogP contribution in [0.15, 0.2) is 4.99 Å². The molecule has 0 aromatic heterocycles. The van der Waals surface area contributed by atoms with Gasteiger partial charge in [-0.2, -0.15) is 0 Å². The molecule has 0 saturated heterocycles. The topological polar surface area (TPSA) is 53.6 Å². The van der Waals surface area contributed by atoms with Gasteiger partial charge < -0.3 is 4.90 Å². The van der Waals surface area contributed by atoms with Crippen molar-refractivity contribution in [2.45, 2.75) is 64.5 Å². The number of guanidine groups is 1. The molecule has 0 aromatic rings. The Labute approximate surface area is 99.3 Å². The van der Waals surface area contributed by atoms with Crippen molar-refractivity contribution in [1.29, 1.82) is 0 Å². The van der Waals surface area contributed by atoms with Gasteiger partial charge in [-0.05, 0) is 25.7 Å². The fourth-order valence-electron chi connectivity index (χ4n) is 2.45. The summed E-state index contributed by atoms with van der Waals surface area (Å²) in [6, 6.07) is 0.999. The van der Waals surface area contributed by atoms with E-state index in [9.17, 15) is 0 Å². The number of nitrogens with two attached hydrogens (primary N) is 1. The third kappa shape index (κ3) is 3.37. The van der Waals surface area contributed by atoms with Gasteiger partial charge in [-0.25, -0.2) is 10.8 Å². The molecule has 0 amide bonds. The fraction of sp³-hybridized carbons (Fsp3) is 0.917. The molecule has 4 nitrogen and oxygen atoms in total. The Morgan fingerprint density at radius 3 is 2.38 bits per heavy atom. The van der Waals surface area contributed by atoms with Crippen molar-refractivity contribution in [3.63, 3.8) is 0 Å². The van der Waals surface area contributed by atoms with E-state index in [4.69, 9.17) is 10.8 Å². The number of rotatable bonds is 4. The van der Waals surface area contributed by atoms with Crippen molar-refractivity contribution in [2.24, 2.45) is 10.8 Å². The molecule has 0 unspecified atom stereocenters. The SMILES string of the molecule is CCC(CC)N(C)C(=NC1CCCC1)NN. The maximum atomic E-state index is 5.58. The molecule has 1 saturated carbocycles. The predicted molar refractivity (Wildman–Crippen MR) is 69.1 cm³/mol. The second-order valence-corrected chi connectivity index (χ2v) is 4.62. The summed E-state index contributed by atoms with van der Waals surface area (Å²) in [7, 11) is 2.07. The summed E-state index contributed by atoms with van der Waals surface area (Å²) in [5.74, 6) is 6.42. The van der Waals surface area contributed by atoms with Gasteiger partial charge in [-0.15, -0.1) is 0 Å². The number of hydrogen-bond acceptors (Lipinski definition) is 2. The van der Waals surface area contributed by atoms with Crippen molar-refractivity contribution in [2.75, 3.05) is 7.05 Å². The maximum absolute atomic E-state index is 5.58. The summed E-state index contributed by atoms with van der Waals surface area (Å²) in [5.41, 5.74) is 2.75. The molecule has 0 spiro atoms. The quantitative estimate of drug-likeness (QED) is 0.333. The van der Waals surface area contributed by atoms with E-state index in [1.165, 1.54) is 25.7 Å². The highest BCUT2D eigenvalue weighted by atomic mass is 15.4. The van der Waals surface area contributed by atoms with Gasteiger partial charge in [0.15, 0.2) is 0 Å². The lowest BCUT2D eigenvalue weighted by Gasteiger charge is -2.29. The van der Waals surface area contributed by atoms with Crippen LogP contribution in [0.2, 0.25) is 0 Å². The van der Waals surface area contributed by atoms with E-state index in [1.807, 2.05) is 0 Å². The molecule has 0 aliphatic heterocycles. The van der Waals surface area contributed by atoms with Gasteiger partial charge in [0.25, 0.3) is 0 Å². The highest BCUT2D eigenvalue weighted by Crippen LogP contribution is 2.21. The molecule has 3 N–H and O–H groups in total. The minimum atomic E-state index is 0.475.